The Morgan fingerprint density at radius 2 is 1.69 bits per heavy atom. The standard InChI is InChI=1S/C40H43Cl4N3O6S/c1-38(2,3)45-30(48)11-8-13-46-12-6-9-21-15-26-29(17-28(21)46)53-37-23-10-7-14-47-36(23)24(22(18-39(47,4)5)20-54(49,50)51)16-27(37)40(26)31-25(19-52-40)32(41)34(43)35(44)33(31)42/h15-18H,6-14,19-20H2,1-5H3,(H,45,48)(H,49,50,51). The Morgan fingerprint density at radius 1 is 0.963 bits per heavy atom. The van der Waals surface area contributed by atoms with Crippen LogP contribution in [0.25, 0.3) is 5.57 Å². The summed E-state index contributed by atoms with van der Waals surface area (Å²) in [6.45, 7) is 12.4. The zero-order valence-corrected chi connectivity index (χ0v) is 34.7. The summed E-state index contributed by atoms with van der Waals surface area (Å²) in [5, 5.41) is 3.78. The fourth-order valence-corrected chi connectivity index (χ4v) is 10.9. The maximum absolute atomic E-state index is 12.7. The highest BCUT2D eigenvalue weighted by atomic mass is 35.5. The number of nitrogens with one attached hydrogen (secondary N) is 1. The molecule has 14 heteroatoms. The molecule has 0 aromatic heterocycles. The van der Waals surface area contributed by atoms with Crippen LogP contribution in [0.15, 0.2) is 24.3 Å². The van der Waals surface area contributed by atoms with Gasteiger partial charge in [-0.3, -0.25) is 9.35 Å². The molecule has 9 nitrogen and oxygen atoms in total. The van der Waals surface area contributed by atoms with Gasteiger partial charge in [-0.05, 0) is 90.0 Å². The minimum atomic E-state index is -4.39. The van der Waals surface area contributed by atoms with Crippen molar-refractivity contribution in [3.05, 3.63) is 83.3 Å². The lowest BCUT2D eigenvalue weighted by Gasteiger charge is -2.49. The quantitative estimate of drug-likeness (QED) is 0.144. The Bertz CT molecular complexity index is 2290. The highest BCUT2D eigenvalue weighted by molar-refractivity contribution is 7.86. The monoisotopic (exact) mass is 833 g/mol. The van der Waals surface area contributed by atoms with Crippen LogP contribution < -0.4 is 19.9 Å². The second kappa shape index (κ2) is 13.2. The van der Waals surface area contributed by atoms with Crippen molar-refractivity contribution in [1.82, 2.24) is 5.32 Å². The minimum Gasteiger partial charge on any atom is -0.456 e. The van der Waals surface area contributed by atoms with Crippen molar-refractivity contribution in [3.8, 4) is 11.5 Å². The predicted octanol–water partition coefficient (Wildman–Crippen LogP) is 9.49. The zero-order valence-electron chi connectivity index (χ0n) is 30.9. The molecule has 2 N–H and O–H groups in total. The van der Waals surface area contributed by atoms with Crippen LogP contribution in [0, 0.1) is 0 Å². The van der Waals surface area contributed by atoms with Gasteiger partial charge in [0.25, 0.3) is 10.1 Å². The molecular weight excluding hydrogens is 792 g/mol. The van der Waals surface area contributed by atoms with Crippen molar-refractivity contribution in [2.24, 2.45) is 0 Å². The molecule has 5 heterocycles. The number of anilines is 2. The Hall–Kier alpha value is -2.70. The van der Waals surface area contributed by atoms with Gasteiger partial charge in [-0.15, -0.1) is 0 Å². The first-order valence-corrected chi connectivity index (χ1v) is 21.5. The molecule has 1 atom stereocenters. The first-order valence-electron chi connectivity index (χ1n) is 18.4. The molecule has 5 aliphatic rings. The summed E-state index contributed by atoms with van der Waals surface area (Å²) in [7, 11) is -4.39. The maximum atomic E-state index is 12.7. The average molecular weight is 836 g/mol. The summed E-state index contributed by atoms with van der Waals surface area (Å²) in [6.07, 6.45) is 6.28. The summed E-state index contributed by atoms with van der Waals surface area (Å²) < 4.78 is 49.2. The van der Waals surface area contributed by atoms with E-state index in [2.05, 4.69) is 27.2 Å². The van der Waals surface area contributed by atoms with Crippen molar-refractivity contribution < 1.29 is 27.2 Å². The molecule has 0 bridgehead atoms. The van der Waals surface area contributed by atoms with Gasteiger partial charge >= 0.3 is 0 Å². The second-order valence-corrected chi connectivity index (χ2v) is 19.5. The lowest BCUT2D eigenvalue weighted by atomic mass is 9.73. The van der Waals surface area contributed by atoms with E-state index in [1.54, 1.807) is 0 Å². The molecule has 3 aromatic carbocycles. The topological polar surface area (TPSA) is 108 Å². The molecule has 0 fully saturated rings. The van der Waals surface area contributed by atoms with Gasteiger partial charge in [0.2, 0.25) is 5.91 Å². The van der Waals surface area contributed by atoms with Crippen LogP contribution in [0.1, 0.15) is 99.2 Å². The fourth-order valence-electron chi connectivity index (χ4n) is 9.18. The van der Waals surface area contributed by atoms with Gasteiger partial charge in [-0.25, -0.2) is 0 Å². The SMILES string of the molecule is CC(C)(C)NC(=O)CCCN1CCCc2cc3c(cc21)Oc1c(cc2c4c1CCCN4C(C)(C)C=C2CS(=O)(=O)O)C31OCc2c(Cl)c(Cl)c(Cl)c(Cl)c21. The molecule has 288 valence electrons. The normalized spacial score (nSPS) is 20.7. The third-order valence-corrected chi connectivity index (χ3v) is 13.7. The van der Waals surface area contributed by atoms with E-state index in [0.29, 0.717) is 65.1 Å². The molecular formula is C40H43Cl4N3O6S. The Kier molecular flexibility index (Phi) is 9.32. The Morgan fingerprint density at radius 3 is 2.41 bits per heavy atom. The highest BCUT2D eigenvalue weighted by Gasteiger charge is 2.54. The minimum absolute atomic E-state index is 0.0301. The van der Waals surface area contributed by atoms with E-state index in [-0.39, 0.29) is 38.1 Å². The number of hydrogen-bond acceptors (Lipinski definition) is 7. The molecule has 0 saturated carbocycles. The van der Waals surface area contributed by atoms with Crippen LogP contribution in [0.4, 0.5) is 11.4 Å². The van der Waals surface area contributed by atoms with Crippen LogP contribution in [-0.2, 0) is 44.7 Å². The van der Waals surface area contributed by atoms with Gasteiger partial charge in [0.05, 0.1) is 37.9 Å². The van der Waals surface area contributed by atoms with Crippen molar-refractivity contribution in [2.45, 2.75) is 96.4 Å². The molecule has 1 unspecified atom stereocenters. The number of halogens is 4. The number of benzene rings is 3. The van der Waals surface area contributed by atoms with Crippen LogP contribution in [0.2, 0.25) is 20.1 Å². The molecule has 8 rings (SSSR count). The first kappa shape index (κ1) is 38.2. The Labute approximate surface area is 336 Å². The van der Waals surface area contributed by atoms with E-state index in [0.717, 1.165) is 60.4 Å². The zero-order chi connectivity index (χ0) is 38.7. The first-order chi connectivity index (χ1) is 25.3. The number of hydrogen-bond donors (Lipinski definition) is 2. The smallest absolute Gasteiger partial charge is 0.269 e. The molecule has 0 aliphatic carbocycles. The third-order valence-electron chi connectivity index (χ3n) is 11.2. The summed E-state index contributed by atoms with van der Waals surface area (Å²) >= 11 is 27.5. The summed E-state index contributed by atoms with van der Waals surface area (Å²) in [5.74, 6) is 0.693. The number of nitrogens with zero attached hydrogens (tertiary/aromatic N) is 2. The average Bonchev–Trinajstić information content (AvgIpc) is 3.48. The van der Waals surface area contributed by atoms with Crippen LogP contribution in [0.5, 0.6) is 11.5 Å². The number of rotatable bonds is 6. The van der Waals surface area contributed by atoms with E-state index in [1.807, 2.05) is 46.8 Å². The van der Waals surface area contributed by atoms with Crippen molar-refractivity contribution in [3.63, 3.8) is 0 Å². The van der Waals surface area contributed by atoms with Gasteiger partial charge in [0, 0.05) is 76.7 Å². The van der Waals surface area contributed by atoms with E-state index >= 15 is 0 Å². The molecule has 1 amide bonds. The van der Waals surface area contributed by atoms with E-state index in [4.69, 9.17) is 55.9 Å². The summed E-state index contributed by atoms with van der Waals surface area (Å²) in [5.41, 5.74) is 5.52. The fraction of sp³-hybridized carbons (Fsp3) is 0.475. The maximum Gasteiger partial charge on any atom is 0.269 e. The lowest BCUT2D eigenvalue weighted by molar-refractivity contribution is -0.122. The number of ether oxygens (including phenoxy) is 2. The van der Waals surface area contributed by atoms with Crippen LogP contribution in [-0.4, -0.2) is 55.3 Å². The summed E-state index contributed by atoms with van der Waals surface area (Å²) in [6, 6.07) is 6.15. The number of fused-ring (bicyclic) bond motifs is 8. The lowest BCUT2D eigenvalue weighted by Crippen LogP contribution is -2.48. The van der Waals surface area contributed by atoms with Crippen molar-refractivity contribution in [1.29, 1.82) is 0 Å². The molecule has 0 radical (unpaired) electrons. The van der Waals surface area contributed by atoms with Gasteiger partial charge in [0.15, 0.2) is 5.60 Å². The Balaban J connectivity index is 1.34. The second-order valence-electron chi connectivity index (χ2n) is 16.6. The molecule has 5 aliphatic heterocycles. The third kappa shape index (κ3) is 6.19. The largest absolute Gasteiger partial charge is 0.456 e. The number of aryl methyl sites for hydroxylation is 1. The van der Waals surface area contributed by atoms with Crippen LogP contribution >= 0.6 is 46.4 Å². The predicted molar refractivity (Wildman–Crippen MR) is 216 cm³/mol. The van der Waals surface area contributed by atoms with E-state index < -0.39 is 27.0 Å². The van der Waals surface area contributed by atoms with E-state index in [1.165, 1.54) is 0 Å². The molecule has 0 saturated heterocycles. The van der Waals surface area contributed by atoms with Gasteiger partial charge in [-0.2, -0.15) is 8.42 Å². The van der Waals surface area contributed by atoms with Crippen molar-refractivity contribution in [2.75, 3.05) is 35.2 Å². The van der Waals surface area contributed by atoms with E-state index in [9.17, 15) is 17.8 Å². The number of amides is 1. The summed E-state index contributed by atoms with van der Waals surface area (Å²) in [4.78, 5) is 17.3. The molecule has 1 spiro atoms. The number of carbonyl (C=O) groups excluding carboxylic acids is 1. The van der Waals surface area contributed by atoms with Gasteiger partial charge in [0.1, 0.15) is 17.3 Å². The van der Waals surface area contributed by atoms with Gasteiger partial charge < -0.3 is 24.6 Å². The molecule has 3 aromatic rings. The molecule has 54 heavy (non-hydrogen) atoms. The number of carbonyl (C=O) groups is 1. The van der Waals surface area contributed by atoms with Crippen molar-refractivity contribution >= 4 is 79.4 Å². The van der Waals surface area contributed by atoms with Crippen LogP contribution in [0.3, 0.4) is 0 Å². The highest BCUT2D eigenvalue weighted by Crippen LogP contribution is 2.64. The van der Waals surface area contributed by atoms with Gasteiger partial charge in [-0.1, -0.05) is 52.5 Å².